The maximum atomic E-state index is 13.5. The molecule has 58 heavy (non-hydrogen) atoms. The Morgan fingerprint density at radius 2 is 1.22 bits per heavy atom. The second-order valence-corrected chi connectivity index (χ2v) is 15.3. The molecular formula is C44H51F3N6O5. The molecule has 6 N–H and O–H groups in total. The number of halogens is 3. The first-order valence-corrected chi connectivity index (χ1v) is 19.5. The highest BCUT2D eigenvalue weighted by Crippen LogP contribution is 2.38. The number of hydrogen-bond acceptors (Lipinski definition) is 9. The third kappa shape index (κ3) is 9.91. The number of rotatable bonds is 5. The molecule has 308 valence electrons. The lowest BCUT2D eigenvalue weighted by Gasteiger charge is -2.45. The topological polar surface area (TPSA) is 147 Å². The molecule has 11 nitrogen and oxygen atoms in total. The van der Waals surface area contributed by atoms with Gasteiger partial charge in [0, 0.05) is 89.8 Å². The minimum Gasteiger partial charge on any atom is -0.496 e. The van der Waals surface area contributed by atoms with Crippen LogP contribution in [0.2, 0.25) is 0 Å². The van der Waals surface area contributed by atoms with Crippen molar-refractivity contribution in [3.8, 4) is 11.5 Å². The summed E-state index contributed by atoms with van der Waals surface area (Å²) in [5.41, 5.74) is 10.1. The van der Waals surface area contributed by atoms with Crippen LogP contribution in [0.5, 0.6) is 11.5 Å². The fraction of sp³-hybridized carbons (Fsp3) is 0.386. The molecule has 0 aliphatic carbocycles. The van der Waals surface area contributed by atoms with Gasteiger partial charge in [0.25, 0.3) is 0 Å². The summed E-state index contributed by atoms with van der Waals surface area (Å²) in [6.07, 6.45) is 4.00. The van der Waals surface area contributed by atoms with Crippen molar-refractivity contribution in [2.24, 2.45) is 5.73 Å². The van der Waals surface area contributed by atoms with E-state index in [4.69, 9.17) is 15.2 Å². The Morgan fingerprint density at radius 3 is 1.78 bits per heavy atom. The first-order chi connectivity index (χ1) is 27.8. The largest absolute Gasteiger partial charge is 0.496 e. The number of nitrogens with one attached hydrogen (secondary N) is 4. The van der Waals surface area contributed by atoms with E-state index in [0.29, 0.717) is 74.4 Å². The number of amides is 2. The van der Waals surface area contributed by atoms with Crippen molar-refractivity contribution >= 4 is 29.0 Å². The Kier molecular flexibility index (Phi) is 13.3. The van der Waals surface area contributed by atoms with Crippen molar-refractivity contribution in [2.75, 3.05) is 51.0 Å². The number of carbonyl (C=O) groups excluding carboxylic acids is 3. The van der Waals surface area contributed by atoms with Crippen molar-refractivity contribution < 1.29 is 37.0 Å². The number of fused-ring (bicyclic) bond motifs is 2. The molecule has 4 aromatic carbocycles. The molecule has 14 heteroatoms. The molecule has 0 aromatic heterocycles. The number of benzene rings is 4. The Labute approximate surface area is 336 Å². The number of urea groups is 1. The van der Waals surface area contributed by atoms with E-state index in [1.54, 1.807) is 30.2 Å². The highest BCUT2D eigenvalue weighted by molar-refractivity contribution is 6.04. The number of likely N-dealkylation sites (tertiary alicyclic amines) is 1. The number of aryl methyl sites for hydroxylation is 1. The van der Waals surface area contributed by atoms with Crippen LogP contribution >= 0.6 is 0 Å². The van der Waals surface area contributed by atoms with Gasteiger partial charge in [0.05, 0.1) is 14.2 Å². The molecule has 0 bridgehead atoms. The van der Waals surface area contributed by atoms with Gasteiger partial charge in [0.2, 0.25) is 0 Å². The SMILES string of the molecule is COc1cc(C)ccc1CNC(=O)N1CCC2(CC1)CC(=O)c1cc(F)ccc1N2.COc1cc(F)ccc1CN.O=C1CC2(CCNCC2)Nc2ccc(F)cc21. The molecule has 2 fully saturated rings. The molecular weight excluding hydrogens is 750 g/mol. The summed E-state index contributed by atoms with van der Waals surface area (Å²) in [4.78, 5) is 39.1. The molecule has 4 aliphatic rings. The van der Waals surface area contributed by atoms with E-state index in [-0.39, 0.29) is 40.3 Å². The van der Waals surface area contributed by atoms with Crippen LogP contribution in [-0.4, -0.2) is 74.0 Å². The van der Waals surface area contributed by atoms with Crippen LogP contribution in [0.25, 0.3) is 0 Å². The molecule has 0 atom stereocenters. The summed E-state index contributed by atoms with van der Waals surface area (Å²) in [7, 11) is 3.11. The normalized spacial score (nSPS) is 17.3. The van der Waals surface area contributed by atoms with Gasteiger partial charge in [-0.15, -0.1) is 0 Å². The number of nitrogens with two attached hydrogens (primary N) is 1. The maximum absolute atomic E-state index is 13.5. The van der Waals surface area contributed by atoms with Crippen LogP contribution in [-0.2, 0) is 13.1 Å². The van der Waals surface area contributed by atoms with Crippen LogP contribution in [0.1, 0.15) is 75.9 Å². The van der Waals surface area contributed by atoms with Gasteiger partial charge < -0.3 is 41.4 Å². The fourth-order valence-corrected chi connectivity index (χ4v) is 7.99. The Bertz CT molecular complexity index is 2130. The van der Waals surface area contributed by atoms with Gasteiger partial charge in [-0.1, -0.05) is 18.2 Å². The smallest absolute Gasteiger partial charge is 0.317 e. The predicted molar refractivity (Wildman–Crippen MR) is 217 cm³/mol. The van der Waals surface area contributed by atoms with Crippen molar-refractivity contribution in [1.29, 1.82) is 0 Å². The number of hydrogen-bond donors (Lipinski definition) is 5. The average Bonchev–Trinajstić information content (AvgIpc) is 3.22. The molecule has 4 heterocycles. The summed E-state index contributed by atoms with van der Waals surface area (Å²) in [5.74, 6) is 0.212. The summed E-state index contributed by atoms with van der Waals surface area (Å²) >= 11 is 0. The number of methoxy groups -OCH3 is 2. The Morgan fingerprint density at radius 1 is 0.724 bits per heavy atom. The minimum atomic E-state index is -0.406. The molecule has 4 aromatic rings. The summed E-state index contributed by atoms with van der Waals surface area (Å²) < 4.78 is 49.4. The van der Waals surface area contributed by atoms with Crippen LogP contribution < -0.4 is 36.5 Å². The molecule has 2 spiro atoms. The minimum absolute atomic E-state index is 0.0485. The average molecular weight is 801 g/mol. The monoisotopic (exact) mass is 800 g/mol. The second-order valence-electron chi connectivity index (χ2n) is 15.3. The molecule has 0 radical (unpaired) electrons. The maximum Gasteiger partial charge on any atom is 0.317 e. The predicted octanol–water partition coefficient (Wildman–Crippen LogP) is 7.12. The third-order valence-corrected chi connectivity index (χ3v) is 11.3. The fourth-order valence-electron chi connectivity index (χ4n) is 7.99. The number of Topliss-reactive ketones (excluding diaryl/α,β-unsaturated/α-hetero) is 2. The van der Waals surface area contributed by atoms with E-state index in [0.717, 1.165) is 54.1 Å². The van der Waals surface area contributed by atoms with Crippen molar-refractivity contribution in [3.05, 3.63) is 118 Å². The van der Waals surface area contributed by atoms with Gasteiger partial charge >= 0.3 is 6.03 Å². The molecule has 2 saturated heterocycles. The first-order valence-electron chi connectivity index (χ1n) is 19.5. The van der Waals surface area contributed by atoms with Crippen LogP contribution in [0, 0.1) is 24.4 Å². The zero-order chi connectivity index (χ0) is 41.5. The van der Waals surface area contributed by atoms with E-state index < -0.39 is 5.82 Å². The zero-order valence-corrected chi connectivity index (χ0v) is 33.1. The van der Waals surface area contributed by atoms with E-state index in [2.05, 4.69) is 21.3 Å². The second kappa shape index (κ2) is 18.3. The van der Waals surface area contributed by atoms with Crippen molar-refractivity contribution in [2.45, 2.75) is 69.6 Å². The van der Waals surface area contributed by atoms with Gasteiger partial charge in [0.15, 0.2) is 11.6 Å². The van der Waals surface area contributed by atoms with Gasteiger partial charge in [-0.25, -0.2) is 18.0 Å². The lowest BCUT2D eigenvalue weighted by atomic mass is 9.78. The number of nitrogens with zero attached hydrogens (tertiary/aromatic N) is 1. The molecule has 0 saturated carbocycles. The van der Waals surface area contributed by atoms with Crippen LogP contribution in [0.3, 0.4) is 0 Å². The zero-order valence-electron chi connectivity index (χ0n) is 33.1. The van der Waals surface area contributed by atoms with Crippen molar-refractivity contribution in [1.82, 2.24) is 15.5 Å². The van der Waals surface area contributed by atoms with E-state index in [1.807, 2.05) is 25.1 Å². The van der Waals surface area contributed by atoms with Gasteiger partial charge in [-0.2, -0.15) is 0 Å². The Hall–Kier alpha value is -5.60. The molecule has 8 rings (SSSR count). The highest BCUT2D eigenvalue weighted by atomic mass is 19.1. The summed E-state index contributed by atoms with van der Waals surface area (Å²) in [6, 6.07) is 18.8. The third-order valence-electron chi connectivity index (χ3n) is 11.3. The lowest BCUT2D eigenvalue weighted by Crippen LogP contribution is -2.55. The number of anilines is 2. The summed E-state index contributed by atoms with van der Waals surface area (Å²) in [6.45, 7) is 5.70. The standard InChI is InChI=1S/C23H26FN3O3.C13H15FN2O.C8H10FNO/c1-15-3-4-16(21(11-15)30-2)14-25-22(29)27-9-7-23(8-10-27)13-20(28)18-12-17(24)5-6-19(18)26-23;14-9-1-2-11-10(7-9)12(17)8-13(16-11)3-5-15-6-4-13;1-11-8-4-7(9)3-2-6(8)5-10/h3-6,11-12,26H,7-10,13-14H2,1-2H3,(H,25,29);1-2,7,15-16H,3-6,8H2;2-4H,5,10H2,1H3. The van der Waals surface area contributed by atoms with E-state index >= 15 is 0 Å². The number of carbonyl (C=O) groups is 3. The van der Waals surface area contributed by atoms with E-state index in [9.17, 15) is 27.6 Å². The molecule has 4 aliphatic heterocycles. The highest BCUT2D eigenvalue weighted by Gasteiger charge is 2.42. The lowest BCUT2D eigenvalue weighted by molar-refractivity contribution is 0.0911. The van der Waals surface area contributed by atoms with Crippen LogP contribution in [0.4, 0.5) is 29.3 Å². The molecule has 2 amide bonds. The van der Waals surface area contributed by atoms with Crippen molar-refractivity contribution in [3.63, 3.8) is 0 Å². The van der Waals surface area contributed by atoms with Gasteiger partial charge in [0.1, 0.15) is 29.0 Å². The number of ketones is 2. The molecule has 0 unspecified atom stereocenters. The summed E-state index contributed by atoms with van der Waals surface area (Å²) in [5, 5.41) is 13.1. The van der Waals surface area contributed by atoms with Gasteiger partial charge in [-0.05, 0) is 99.8 Å². The number of piperidine rings is 2. The van der Waals surface area contributed by atoms with E-state index in [1.165, 1.54) is 43.5 Å². The Balaban J connectivity index is 0.000000169. The van der Waals surface area contributed by atoms with Crippen LogP contribution in [0.15, 0.2) is 72.8 Å². The quantitative estimate of drug-likeness (QED) is 0.142. The first kappa shape index (κ1) is 42.0. The van der Waals surface area contributed by atoms with Gasteiger partial charge in [-0.3, -0.25) is 9.59 Å². The number of ether oxygens (including phenoxy) is 2.